The van der Waals surface area contributed by atoms with E-state index in [9.17, 15) is 14.0 Å². The quantitative estimate of drug-likeness (QED) is 0.743. The monoisotopic (exact) mass is 261 g/mol. The Hall–Kier alpha value is -1.66. The van der Waals surface area contributed by atoms with Gasteiger partial charge < -0.3 is 15.5 Å². The lowest BCUT2D eigenvalue weighted by atomic mass is 10.2. The smallest absolute Gasteiger partial charge is 0.328 e. The number of amides is 1. The highest BCUT2D eigenvalue weighted by Crippen LogP contribution is 2.17. The summed E-state index contributed by atoms with van der Waals surface area (Å²) in [4.78, 5) is 22.1. The Balaban J connectivity index is 2.86. The molecule has 1 rings (SSSR count). The van der Waals surface area contributed by atoms with Gasteiger partial charge in [0.2, 0.25) is 0 Å². The van der Waals surface area contributed by atoms with Gasteiger partial charge in [0, 0.05) is 0 Å². The van der Waals surface area contributed by atoms with Gasteiger partial charge in [0.05, 0.1) is 17.2 Å². The third-order valence-corrected chi connectivity index (χ3v) is 2.27. The Bertz CT molecular complexity index is 452. The summed E-state index contributed by atoms with van der Waals surface area (Å²) in [6.07, 6.45) is 0. The number of carboxylic acids is 1. The lowest BCUT2D eigenvalue weighted by molar-refractivity contribution is -0.140. The van der Waals surface area contributed by atoms with Crippen LogP contribution < -0.4 is 5.32 Å². The van der Waals surface area contributed by atoms with Crippen LogP contribution in [0.2, 0.25) is 5.02 Å². The molecule has 0 aliphatic rings. The summed E-state index contributed by atoms with van der Waals surface area (Å²) in [5.41, 5.74) is -0.0623. The molecule has 17 heavy (non-hydrogen) atoms. The van der Waals surface area contributed by atoms with Crippen LogP contribution in [0.25, 0.3) is 0 Å². The van der Waals surface area contributed by atoms with Crippen LogP contribution in [0.1, 0.15) is 10.4 Å². The van der Waals surface area contributed by atoms with Gasteiger partial charge >= 0.3 is 5.97 Å². The first-order valence-electron chi connectivity index (χ1n) is 4.55. The van der Waals surface area contributed by atoms with E-state index in [2.05, 4.69) is 0 Å². The van der Waals surface area contributed by atoms with Gasteiger partial charge in [-0.05, 0) is 18.2 Å². The SMILES string of the molecule is O=C(N[C@@H](CO)C(=O)O)c1ccc(F)cc1Cl. The number of carbonyl (C=O) groups is 2. The largest absolute Gasteiger partial charge is 0.480 e. The molecule has 0 aliphatic heterocycles. The van der Waals surface area contributed by atoms with Crippen LogP contribution in [0, 0.1) is 5.82 Å². The van der Waals surface area contributed by atoms with E-state index in [1.165, 1.54) is 0 Å². The molecule has 1 amide bonds. The number of rotatable bonds is 4. The van der Waals surface area contributed by atoms with E-state index in [4.69, 9.17) is 21.8 Å². The number of carboxylic acid groups (broad SMARTS) is 1. The molecule has 0 aromatic heterocycles. The number of hydrogen-bond donors (Lipinski definition) is 3. The van der Waals surface area contributed by atoms with Crippen LogP contribution in [0.3, 0.4) is 0 Å². The van der Waals surface area contributed by atoms with Crippen molar-refractivity contribution in [1.29, 1.82) is 0 Å². The molecule has 1 atom stereocenters. The number of hydrogen-bond acceptors (Lipinski definition) is 3. The second-order valence-corrected chi connectivity index (χ2v) is 3.58. The molecular formula is C10H9ClFNO4. The van der Waals surface area contributed by atoms with Crippen molar-refractivity contribution in [2.24, 2.45) is 0 Å². The lowest BCUT2D eigenvalue weighted by Crippen LogP contribution is -2.43. The van der Waals surface area contributed by atoms with E-state index >= 15 is 0 Å². The van der Waals surface area contributed by atoms with Crippen LogP contribution in [0.5, 0.6) is 0 Å². The van der Waals surface area contributed by atoms with Gasteiger partial charge in [-0.2, -0.15) is 0 Å². The highest BCUT2D eigenvalue weighted by atomic mass is 35.5. The van der Waals surface area contributed by atoms with Crippen molar-refractivity contribution in [3.05, 3.63) is 34.6 Å². The van der Waals surface area contributed by atoms with Gasteiger partial charge in [-0.1, -0.05) is 11.6 Å². The molecule has 0 saturated carbocycles. The van der Waals surface area contributed by atoms with Gasteiger partial charge in [0.25, 0.3) is 5.91 Å². The number of nitrogens with one attached hydrogen (secondary N) is 1. The molecule has 0 aliphatic carbocycles. The Morgan fingerprint density at radius 1 is 1.47 bits per heavy atom. The molecule has 0 unspecified atom stereocenters. The van der Waals surface area contributed by atoms with Gasteiger partial charge in [-0.3, -0.25) is 4.79 Å². The van der Waals surface area contributed by atoms with Crippen molar-refractivity contribution >= 4 is 23.5 Å². The second-order valence-electron chi connectivity index (χ2n) is 3.17. The zero-order valence-electron chi connectivity index (χ0n) is 8.48. The molecule has 3 N–H and O–H groups in total. The zero-order chi connectivity index (χ0) is 13.0. The Kier molecular flexibility index (Phi) is 4.42. The first-order valence-corrected chi connectivity index (χ1v) is 4.93. The van der Waals surface area contributed by atoms with Crippen LogP contribution >= 0.6 is 11.6 Å². The van der Waals surface area contributed by atoms with Crippen molar-refractivity contribution in [2.45, 2.75) is 6.04 Å². The number of aliphatic carboxylic acids is 1. The van der Waals surface area contributed by atoms with Crippen molar-refractivity contribution in [1.82, 2.24) is 5.32 Å². The van der Waals surface area contributed by atoms with Crippen molar-refractivity contribution < 1.29 is 24.2 Å². The molecule has 92 valence electrons. The van der Waals surface area contributed by atoms with Crippen LogP contribution in [0.15, 0.2) is 18.2 Å². The molecular weight excluding hydrogens is 253 g/mol. The highest BCUT2D eigenvalue weighted by molar-refractivity contribution is 6.33. The van der Waals surface area contributed by atoms with Crippen LogP contribution in [0.4, 0.5) is 4.39 Å². The van der Waals surface area contributed by atoms with Crippen molar-refractivity contribution in [3.63, 3.8) is 0 Å². The molecule has 7 heteroatoms. The van der Waals surface area contributed by atoms with E-state index in [1.807, 2.05) is 5.32 Å². The molecule has 0 heterocycles. The van der Waals surface area contributed by atoms with Crippen LogP contribution in [-0.2, 0) is 4.79 Å². The molecule has 0 bridgehead atoms. The molecule has 0 spiro atoms. The van der Waals surface area contributed by atoms with E-state index in [1.54, 1.807) is 0 Å². The second kappa shape index (κ2) is 5.60. The number of carbonyl (C=O) groups excluding carboxylic acids is 1. The van der Waals surface area contributed by atoms with Crippen molar-refractivity contribution in [2.75, 3.05) is 6.61 Å². The Morgan fingerprint density at radius 2 is 2.12 bits per heavy atom. The van der Waals surface area contributed by atoms with E-state index in [0.29, 0.717) is 0 Å². The van der Waals surface area contributed by atoms with Gasteiger partial charge in [0.15, 0.2) is 6.04 Å². The summed E-state index contributed by atoms with van der Waals surface area (Å²) < 4.78 is 12.7. The Morgan fingerprint density at radius 3 is 2.59 bits per heavy atom. The summed E-state index contributed by atoms with van der Waals surface area (Å²) in [5.74, 6) is -2.78. The van der Waals surface area contributed by atoms with Crippen molar-refractivity contribution in [3.8, 4) is 0 Å². The minimum absolute atomic E-state index is 0.0623. The first kappa shape index (κ1) is 13.4. The summed E-state index contributed by atoms with van der Waals surface area (Å²) in [6.45, 7) is -0.750. The number of halogens is 2. The van der Waals surface area contributed by atoms with E-state index in [0.717, 1.165) is 18.2 Å². The summed E-state index contributed by atoms with van der Waals surface area (Å²) >= 11 is 5.62. The molecule has 0 saturated heterocycles. The van der Waals surface area contributed by atoms with E-state index < -0.39 is 30.3 Å². The predicted molar refractivity (Wildman–Crippen MR) is 57.4 cm³/mol. The van der Waals surface area contributed by atoms with Gasteiger partial charge in [0.1, 0.15) is 5.82 Å². The average Bonchev–Trinajstić information content (AvgIpc) is 2.24. The maximum absolute atomic E-state index is 12.7. The average molecular weight is 262 g/mol. The summed E-state index contributed by atoms with van der Waals surface area (Å²) in [7, 11) is 0. The fraction of sp³-hybridized carbons (Fsp3) is 0.200. The minimum Gasteiger partial charge on any atom is -0.480 e. The fourth-order valence-corrected chi connectivity index (χ4v) is 1.35. The van der Waals surface area contributed by atoms with Gasteiger partial charge in [-0.15, -0.1) is 0 Å². The number of aliphatic hydroxyl groups is 1. The first-order chi connectivity index (χ1) is 7.95. The molecule has 1 aromatic rings. The Labute approximate surface area is 101 Å². The normalized spacial score (nSPS) is 11.9. The van der Waals surface area contributed by atoms with Gasteiger partial charge in [-0.25, -0.2) is 9.18 Å². The molecule has 0 fully saturated rings. The standard InChI is InChI=1S/C10H9ClFNO4/c11-7-3-5(12)1-2-6(7)9(15)13-8(4-14)10(16)17/h1-3,8,14H,4H2,(H,13,15)(H,16,17)/t8-/m0/s1. The predicted octanol–water partition coefficient (Wildman–Crippen LogP) is 0.654. The summed E-state index contributed by atoms with van der Waals surface area (Å²) in [6, 6.07) is 1.66. The molecule has 1 aromatic carbocycles. The molecule has 0 radical (unpaired) electrons. The zero-order valence-corrected chi connectivity index (χ0v) is 9.24. The van der Waals surface area contributed by atoms with Crippen LogP contribution in [-0.4, -0.2) is 34.7 Å². The van der Waals surface area contributed by atoms with E-state index in [-0.39, 0.29) is 10.6 Å². The number of benzene rings is 1. The fourth-order valence-electron chi connectivity index (χ4n) is 1.10. The molecule has 5 nitrogen and oxygen atoms in total. The maximum Gasteiger partial charge on any atom is 0.328 e. The highest BCUT2D eigenvalue weighted by Gasteiger charge is 2.20. The third kappa shape index (κ3) is 3.40. The lowest BCUT2D eigenvalue weighted by Gasteiger charge is -2.12. The topological polar surface area (TPSA) is 86.6 Å². The summed E-state index contributed by atoms with van der Waals surface area (Å²) in [5, 5.41) is 19.2. The number of aliphatic hydroxyl groups excluding tert-OH is 1. The third-order valence-electron chi connectivity index (χ3n) is 1.96. The minimum atomic E-state index is -1.43. The maximum atomic E-state index is 12.7.